The van der Waals surface area contributed by atoms with E-state index in [1.807, 2.05) is 11.3 Å². The van der Waals surface area contributed by atoms with Crippen LogP contribution in [0.2, 0.25) is 0 Å². The van der Waals surface area contributed by atoms with Gasteiger partial charge >= 0.3 is 0 Å². The lowest BCUT2D eigenvalue weighted by Gasteiger charge is -2.50. The largest absolute Gasteiger partial charge is 0.454 e. The lowest BCUT2D eigenvalue weighted by atomic mass is 9.33. The van der Waals surface area contributed by atoms with Crippen molar-refractivity contribution < 1.29 is 4.42 Å². The highest BCUT2D eigenvalue weighted by atomic mass is 32.1. The summed E-state index contributed by atoms with van der Waals surface area (Å²) in [6, 6.07) is 70.7. The fraction of sp³-hybridized carbons (Fsp3) is 0.143. The quantitative estimate of drug-likeness (QED) is 0.164. The number of rotatable bonds is 4. The Hall–Kier alpha value is -7.54. The molecule has 0 saturated heterocycles. The molecular weight excluding hydrogens is 858 g/mol. The number of hydrogen-bond acceptors (Lipinski definition) is 5. The molecule has 0 radical (unpaired) electrons. The topological polar surface area (TPSA) is 22.9 Å². The van der Waals surface area contributed by atoms with Gasteiger partial charge in [0.15, 0.2) is 5.58 Å². The van der Waals surface area contributed by atoms with Crippen LogP contribution in [0, 0.1) is 6.92 Å². The molecule has 0 N–H and O–H groups in total. The Balaban J connectivity index is 1.04. The van der Waals surface area contributed by atoms with E-state index in [1.165, 1.54) is 118 Å². The molecule has 2 atom stereocenters. The molecule has 6 heteroatoms. The van der Waals surface area contributed by atoms with Crippen LogP contribution in [0.3, 0.4) is 0 Å². The van der Waals surface area contributed by atoms with Gasteiger partial charge in [0, 0.05) is 65.8 Å². The van der Waals surface area contributed by atoms with Crippen molar-refractivity contribution in [1.82, 2.24) is 0 Å². The van der Waals surface area contributed by atoms with Crippen LogP contribution in [0.15, 0.2) is 192 Å². The summed E-state index contributed by atoms with van der Waals surface area (Å²) in [6.45, 7) is 7.33. The van der Waals surface area contributed by atoms with Gasteiger partial charge in [-0.15, -0.1) is 11.3 Å². The molecule has 0 spiro atoms. The molecule has 0 amide bonds. The van der Waals surface area contributed by atoms with Gasteiger partial charge in [-0.3, -0.25) is 0 Å². The third-order valence-electron chi connectivity index (χ3n) is 16.8. The number of benzene rings is 9. The fourth-order valence-corrected chi connectivity index (χ4v) is 14.7. The van der Waals surface area contributed by atoms with Crippen LogP contribution in [0.4, 0.5) is 45.5 Å². The monoisotopic (exact) mass is 905 g/mol. The van der Waals surface area contributed by atoms with E-state index < -0.39 is 0 Å². The van der Waals surface area contributed by atoms with E-state index in [0.717, 1.165) is 34.0 Å². The van der Waals surface area contributed by atoms with Gasteiger partial charge in [0.2, 0.25) is 0 Å². The van der Waals surface area contributed by atoms with Crippen molar-refractivity contribution >= 4 is 122 Å². The highest BCUT2D eigenvalue weighted by Gasteiger charge is 2.58. The van der Waals surface area contributed by atoms with Crippen LogP contribution in [0.1, 0.15) is 50.7 Å². The standard InChI is InChI=1S/C63H48BN3OS/c1-39-35-55-59-56(36-39)66(52-26-16-22-46-44-20-8-12-28-58(44)69-61(46)52)54-38-42(67-50-24-10-9-23-47(50)62(2)33-13-14-34-63(62,67)3)30-32-49(54)64(59)48-31-29-41(40-17-5-4-6-18-40)37-53(48)65(55)51-25-15-21-45-43-19-7-11-27-57(43)68-60(45)51/h4-12,15-32,35-38H,13-14,33-34H2,1-3H3. The Labute approximate surface area is 406 Å². The first kappa shape index (κ1) is 39.5. The molecule has 330 valence electrons. The van der Waals surface area contributed by atoms with Gasteiger partial charge in [0.1, 0.15) is 5.58 Å². The molecule has 9 aromatic carbocycles. The van der Waals surface area contributed by atoms with Crippen molar-refractivity contribution in [3.63, 3.8) is 0 Å². The number of furan rings is 1. The van der Waals surface area contributed by atoms with Crippen LogP contribution >= 0.6 is 11.3 Å². The maximum atomic E-state index is 6.92. The lowest BCUT2D eigenvalue weighted by Crippen LogP contribution is -2.61. The number of thiophene rings is 1. The van der Waals surface area contributed by atoms with E-state index in [0.29, 0.717) is 0 Å². The molecule has 11 aromatic rings. The molecule has 3 aliphatic heterocycles. The first-order valence-electron chi connectivity index (χ1n) is 24.7. The predicted octanol–water partition coefficient (Wildman–Crippen LogP) is 15.8. The Morgan fingerprint density at radius 2 is 1.16 bits per heavy atom. The zero-order chi connectivity index (χ0) is 45.8. The molecule has 1 aliphatic carbocycles. The molecule has 1 saturated carbocycles. The van der Waals surface area contributed by atoms with E-state index in [1.54, 1.807) is 0 Å². The number of fused-ring (bicyclic) bond motifs is 13. The van der Waals surface area contributed by atoms with Crippen molar-refractivity contribution in [1.29, 1.82) is 0 Å². The van der Waals surface area contributed by atoms with Crippen LogP contribution in [0.5, 0.6) is 0 Å². The van der Waals surface area contributed by atoms with Crippen molar-refractivity contribution in [2.24, 2.45) is 0 Å². The second-order valence-electron chi connectivity index (χ2n) is 20.4. The number of para-hydroxylation sites is 3. The molecule has 15 rings (SSSR count). The van der Waals surface area contributed by atoms with E-state index in [2.05, 4.69) is 224 Å². The van der Waals surface area contributed by atoms with Gasteiger partial charge in [-0.2, -0.15) is 0 Å². The zero-order valence-electron chi connectivity index (χ0n) is 39.0. The van der Waals surface area contributed by atoms with Gasteiger partial charge in [0.25, 0.3) is 6.71 Å². The number of anilines is 8. The number of nitrogens with zero attached hydrogens (tertiary/aromatic N) is 3. The first-order valence-corrected chi connectivity index (χ1v) is 25.5. The molecule has 2 unspecified atom stereocenters. The van der Waals surface area contributed by atoms with Crippen molar-refractivity contribution in [2.45, 2.75) is 57.4 Å². The molecule has 5 heterocycles. The first-order chi connectivity index (χ1) is 33.9. The van der Waals surface area contributed by atoms with E-state index in [9.17, 15) is 0 Å². The van der Waals surface area contributed by atoms with Crippen molar-refractivity contribution in [3.8, 4) is 11.1 Å². The van der Waals surface area contributed by atoms with E-state index in [-0.39, 0.29) is 17.7 Å². The highest BCUT2D eigenvalue weighted by Crippen LogP contribution is 2.61. The number of hydrogen-bond donors (Lipinski definition) is 0. The summed E-state index contributed by atoms with van der Waals surface area (Å²) in [6.07, 6.45) is 4.84. The van der Waals surface area contributed by atoms with Gasteiger partial charge in [-0.25, -0.2) is 0 Å². The average Bonchev–Trinajstić information content (AvgIpc) is 4.03. The highest BCUT2D eigenvalue weighted by molar-refractivity contribution is 7.26. The van der Waals surface area contributed by atoms with Crippen LogP contribution < -0.4 is 31.1 Å². The third-order valence-corrected chi connectivity index (χ3v) is 18.0. The van der Waals surface area contributed by atoms with Crippen LogP contribution in [-0.2, 0) is 5.41 Å². The Morgan fingerprint density at radius 1 is 0.507 bits per heavy atom. The van der Waals surface area contributed by atoms with Crippen LogP contribution in [-0.4, -0.2) is 12.3 Å². The van der Waals surface area contributed by atoms with Crippen LogP contribution in [0.25, 0.3) is 53.2 Å². The predicted molar refractivity (Wildman–Crippen MR) is 294 cm³/mol. The molecule has 1 fully saturated rings. The number of aryl methyl sites for hydroxylation is 1. The Morgan fingerprint density at radius 3 is 2.01 bits per heavy atom. The summed E-state index contributed by atoms with van der Waals surface area (Å²) < 4.78 is 9.53. The Bertz CT molecular complexity index is 3970. The normalized spacial score (nSPS) is 19.0. The van der Waals surface area contributed by atoms with Gasteiger partial charge in [-0.1, -0.05) is 147 Å². The average molecular weight is 906 g/mol. The smallest absolute Gasteiger partial charge is 0.252 e. The maximum Gasteiger partial charge on any atom is 0.252 e. The molecule has 2 aromatic heterocycles. The molecule has 4 aliphatic rings. The zero-order valence-corrected chi connectivity index (χ0v) is 39.8. The summed E-state index contributed by atoms with van der Waals surface area (Å²) >= 11 is 1.91. The second kappa shape index (κ2) is 14.3. The molecular formula is C63H48BN3OS. The summed E-state index contributed by atoms with van der Waals surface area (Å²) in [7, 11) is 0. The lowest BCUT2D eigenvalue weighted by molar-refractivity contribution is 0.195. The molecule has 69 heavy (non-hydrogen) atoms. The van der Waals surface area contributed by atoms with E-state index >= 15 is 0 Å². The van der Waals surface area contributed by atoms with Gasteiger partial charge in [-0.05, 0) is 126 Å². The minimum absolute atomic E-state index is 0.0372. The summed E-state index contributed by atoms with van der Waals surface area (Å²) in [5.41, 5.74) is 20.4. The third kappa shape index (κ3) is 5.30. The minimum Gasteiger partial charge on any atom is -0.454 e. The summed E-state index contributed by atoms with van der Waals surface area (Å²) in [5, 5.41) is 4.85. The van der Waals surface area contributed by atoms with Gasteiger partial charge in [0.05, 0.1) is 21.6 Å². The SMILES string of the molecule is Cc1cc2c3c(c1)N(c1cccc4c1sc1ccccc14)c1cc(N4c5ccccc5C5(C)CCCCC45C)ccc1B3c1ccc(-c3ccccc3)cc1N2c1cccc2c1oc1ccccc12. The minimum atomic E-state index is -0.0702. The Kier molecular flexibility index (Phi) is 8.15. The van der Waals surface area contributed by atoms with E-state index in [4.69, 9.17) is 4.42 Å². The van der Waals surface area contributed by atoms with Crippen molar-refractivity contribution in [2.75, 3.05) is 14.7 Å². The molecule has 0 bridgehead atoms. The summed E-state index contributed by atoms with van der Waals surface area (Å²) in [4.78, 5) is 7.92. The summed E-state index contributed by atoms with van der Waals surface area (Å²) in [5.74, 6) is 0. The van der Waals surface area contributed by atoms with Gasteiger partial charge < -0.3 is 19.1 Å². The fourth-order valence-electron chi connectivity index (χ4n) is 13.5. The van der Waals surface area contributed by atoms with Crippen molar-refractivity contribution in [3.05, 3.63) is 199 Å². The molecule has 4 nitrogen and oxygen atoms in total. The maximum absolute atomic E-state index is 6.92. The second-order valence-corrected chi connectivity index (χ2v) is 21.4.